The Balaban J connectivity index is 2.30. The second-order valence-electron chi connectivity index (χ2n) is 1.35. The van der Waals surface area contributed by atoms with Gasteiger partial charge in [0.1, 0.15) is 12.2 Å². The van der Waals surface area contributed by atoms with Crippen LogP contribution in [0.1, 0.15) is 0 Å². The van der Waals surface area contributed by atoms with Gasteiger partial charge in [0.15, 0.2) is 0 Å². The van der Waals surface area contributed by atoms with E-state index in [0.717, 1.165) is 5.13 Å². The van der Waals surface area contributed by atoms with Crippen molar-refractivity contribution in [3.05, 3.63) is 5.51 Å². The minimum Gasteiger partial charge on any atom is -0.365 e. The molecule has 1 aromatic rings. The zero-order valence-electron chi connectivity index (χ0n) is 5.00. The SMILES string of the molecule is COCNc1nncs1. The molecule has 4 nitrogen and oxygen atoms in total. The molecular weight excluding hydrogens is 138 g/mol. The highest BCUT2D eigenvalue weighted by molar-refractivity contribution is 7.13. The highest BCUT2D eigenvalue weighted by Crippen LogP contribution is 2.06. The fourth-order valence-corrected chi connectivity index (χ4v) is 0.815. The lowest BCUT2D eigenvalue weighted by Crippen LogP contribution is -2.01. The molecular formula is C4H7N3OS. The maximum Gasteiger partial charge on any atom is 0.207 e. The summed E-state index contributed by atoms with van der Waals surface area (Å²) in [5, 5.41) is 11.0. The molecule has 0 aliphatic heterocycles. The van der Waals surface area contributed by atoms with Crippen LogP contribution in [0.5, 0.6) is 0 Å². The van der Waals surface area contributed by atoms with Crippen LogP contribution >= 0.6 is 11.3 Å². The molecule has 1 aromatic heterocycles. The molecule has 0 atom stereocenters. The summed E-state index contributed by atoms with van der Waals surface area (Å²) >= 11 is 1.45. The summed E-state index contributed by atoms with van der Waals surface area (Å²) in [7, 11) is 1.62. The van der Waals surface area contributed by atoms with Crippen LogP contribution in [0.25, 0.3) is 0 Å². The van der Waals surface area contributed by atoms with Crippen molar-refractivity contribution in [3.8, 4) is 0 Å². The molecule has 0 amide bonds. The van der Waals surface area contributed by atoms with Crippen molar-refractivity contribution < 1.29 is 4.74 Å². The van der Waals surface area contributed by atoms with E-state index in [0.29, 0.717) is 6.73 Å². The standard InChI is InChI=1S/C4H7N3OS/c1-8-2-5-4-7-6-3-9-4/h3H,2H2,1H3,(H,5,7). The molecule has 5 heteroatoms. The van der Waals surface area contributed by atoms with Gasteiger partial charge < -0.3 is 10.1 Å². The predicted molar refractivity (Wildman–Crippen MR) is 35.4 cm³/mol. The Morgan fingerprint density at radius 1 is 1.89 bits per heavy atom. The molecule has 0 aromatic carbocycles. The first-order valence-electron chi connectivity index (χ1n) is 2.42. The molecule has 0 unspecified atom stereocenters. The lowest BCUT2D eigenvalue weighted by Gasteiger charge is -1.95. The third kappa shape index (κ3) is 1.95. The Kier molecular flexibility index (Phi) is 2.41. The normalized spacial score (nSPS) is 9.44. The maximum atomic E-state index is 4.74. The average Bonchev–Trinajstić information content (AvgIpc) is 2.34. The molecule has 1 heterocycles. The summed E-state index contributed by atoms with van der Waals surface area (Å²) in [6, 6.07) is 0. The fourth-order valence-electron chi connectivity index (χ4n) is 0.384. The predicted octanol–water partition coefficient (Wildman–Crippen LogP) is 0.554. The minimum atomic E-state index is 0.481. The van der Waals surface area contributed by atoms with E-state index in [1.54, 1.807) is 12.6 Å². The van der Waals surface area contributed by atoms with Gasteiger partial charge in [0, 0.05) is 7.11 Å². The molecule has 1 rings (SSSR count). The summed E-state index contributed by atoms with van der Waals surface area (Å²) in [6.07, 6.45) is 0. The van der Waals surface area contributed by atoms with Gasteiger partial charge in [0.2, 0.25) is 5.13 Å². The third-order valence-electron chi connectivity index (χ3n) is 0.728. The van der Waals surface area contributed by atoms with Gasteiger partial charge in [-0.3, -0.25) is 0 Å². The van der Waals surface area contributed by atoms with Crippen molar-refractivity contribution in [1.82, 2.24) is 10.2 Å². The van der Waals surface area contributed by atoms with Crippen LogP contribution < -0.4 is 5.32 Å². The monoisotopic (exact) mass is 145 g/mol. The van der Waals surface area contributed by atoms with Gasteiger partial charge >= 0.3 is 0 Å². The number of nitrogens with one attached hydrogen (secondary N) is 1. The summed E-state index contributed by atoms with van der Waals surface area (Å²) in [5.41, 5.74) is 1.66. The van der Waals surface area contributed by atoms with Gasteiger partial charge in [0.05, 0.1) is 0 Å². The molecule has 0 saturated heterocycles. The Bertz CT molecular complexity index is 153. The van der Waals surface area contributed by atoms with Crippen molar-refractivity contribution in [3.63, 3.8) is 0 Å². The number of aromatic nitrogens is 2. The molecule has 0 radical (unpaired) electrons. The zero-order chi connectivity index (χ0) is 6.53. The topological polar surface area (TPSA) is 47.0 Å². The molecule has 1 N–H and O–H groups in total. The highest BCUT2D eigenvalue weighted by atomic mass is 32.1. The van der Waals surface area contributed by atoms with Crippen LogP contribution in [0, 0.1) is 0 Å². The van der Waals surface area contributed by atoms with Gasteiger partial charge in [-0.15, -0.1) is 10.2 Å². The minimum absolute atomic E-state index is 0.481. The van der Waals surface area contributed by atoms with Gasteiger partial charge in [0.25, 0.3) is 0 Å². The zero-order valence-corrected chi connectivity index (χ0v) is 5.81. The molecule has 0 fully saturated rings. The summed E-state index contributed by atoms with van der Waals surface area (Å²) in [6.45, 7) is 0.481. The maximum absolute atomic E-state index is 4.74. The molecule has 0 aliphatic carbocycles. The fraction of sp³-hybridized carbons (Fsp3) is 0.500. The molecule has 0 aliphatic rings. The van der Waals surface area contributed by atoms with Crippen LogP contribution in [0.3, 0.4) is 0 Å². The first-order chi connectivity index (χ1) is 4.43. The van der Waals surface area contributed by atoms with E-state index in [9.17, 15) is 0 Å². The van der Waals surface area contributed by atoms with E-state index in [1.165, 1.54) is 11.3 Å². The van der Waals surface area contributed by atoms with E-state index in [1.807, 2.05) is 0 Å². The van der Waals surface area contributed by atoms with Crippen LogP contribution in [0.4, 0.5) is 5.13 Å². The second kappa shape index (κ2) is 3.37. The first-order valence-corrected chi connectivity index (χ1v) is 3.30. The van der Waals surface area contributed by atoms with E-state index >= 15 is 0 Å². The summed E-state index contributed by atoms with van der Waals surface area (Å²) in [5.74, 6) is 0. The number of nitrogens with zero attached hydrogens (tertiary/aromatic N) is 2. The van der Waals surface area contributed by atoms with Crippen molar-refractivity contribution in [2.24, 2.45) is 0 Å². The number of methoxy groups -OCH3 is 1. The lowest BCUT2D eigenvalue weighted by atomic mass is 11.1. The quantitative estimate of drug-likeness (QED) is 0.631. The van der Waals surface area contributed by atoms with Crippen LogP contribution in [0.15, 0.2) is 5.51 Å². The van der Waals surface area contributed by atoms with Crippen molar-refractivity contribution >= 4 is 16.5 Å². The smallest absolute Gasteiger partial charge is 0.207 e. The van der Waals surface area contributed by atoms with Crippen LogP contribution in [0.2, 0.25) is 0 Å². The van der Waals surface area contributed by atoms with E-state index in [4.69, 9.17) is 4.74 Å². The number of hydrogen-bond acceptors (Lipinski definition) is 5. The first kappa shape index (κ1) is 6.44. The molecule has 0 saturated carbocycles. The van der Waals surface area contributed by atoms with E-state index in [-0.39, 0.29) is 0 Å². The number of hydrogen-bond donors (Lipinski definition) is 1. The van der Waals surface area contributed by atoms with Gasteiger partial charge in [-0.25, -0.2) is 0 Å². The highest BCUT2D eigenvalue weighted by Gasteiger charge is 1.90. The third-order valence-corrected chi connectivity index (χ3v) is 1.38. The number of rotatable bonds is 3. The number of anilines is 1. The molecule has 0 bridgehead atoms. The second-order valence-corrected chi connectivity index (χ2v) is 2.19. The molecule has 50 valence electrons. The van der Waals surface area contributed by atoms with Crippen molar-refractivity contribution in [1.29, 1.82) is 0 Å². The van der Waals surface area contributed by atoms with Gasteiger partial charge in [-0.05, 0) is 0 Å². The molecule has 0 spiro atoms. The summed E-state index contributed by atoms with van der Waals surface area (Å²) < 4.78 is 4.74. The van der Waals surface area contributed by atoms with E-state index < -0.39 is 0 Å². The Hall–Kier alpha value is -0.680. The Morgan fingerprint density at radius 3 is 3.33 bits per heavy atom. The number of ether oxygens (including phenoxy) is 1. The molecule has 9 heavy (non-hydrogen) atoms. The van der Waals surface area contributed by atoms with E-state index in [2.05, 4.69) is 15.5 Å². The Labute approximate surface area is 56.9 Å². The van der Waals surface area contributed by atoms with Gasteiger partial charge in [-0.2, -0.15) is 0 Å². The average molecular weight is 145 g/mol. The Morgan fingerprint density at radius 2 is 2.78 bits per heavy atom. The summed E-state index contributed by atoms with van der Waals surface area (Å²) in [4.78, 5) is 0. The van der Waals surface area contributed by atoms with Gasteiger partial charge in [-0.1, -0.05) is 11.3 Å². The largest absolute Gasteiger partial charge is 0.365 e. The van der Waals surface area contributed by atoms with Crippen LogP contribution in [-0.4, -0.2) is 24.0 Å². The lowest BCUT2D eigenvalue weighted by molar-refractivity contribution is 0.221. The van der Waals surface area contributed by atoms with Crippen LogP contribution in [-0.2, 0) is 4.74 Å². The van der Waals surface area contributed by atoms with Crippen molar-refractivity contribution in [2.75, 3.05) is 19.2 Å². The van der Waals surface area contributed by atoms with Crippen molar-refractivity contribution in [2.45, 2.75) is 0 Å².